The summed E-state index contributed by atoms with van der Waals surface area (Å²) in [5.74, 6) is 1.02. The molecule has 1 aromatic carbocycles. The first-order valence-electron chi connectivity index (χ1n) is 9.28. The van der Waals surface area contributed by atoms with E-state index in [0.717, 1.165) is 48.9 Å². The number of nitrogens with zero attached hydrogens (tertiary/aromatic N) is 2. The van der Waals surface area contributed by atoms with Crippen LogP contribution in [0.1, 0.15) is 36.0 Å². The molecule has 1 N–H and O–H groups in total. The maximum Gasteiger partial charge on any atom is 0.228 e. The molecule has 1 saturated heterocycles. The molecule has 1 aromatic heterocycles. The summed E-state index contributed by atoms with van der Waals surface area (Å²) in [6.07, 6.45) is 2.39. The Balaban J connectivity index is 0.00000196. The van der Waals surface area contributed by atoms with Gasteiger partial charge in [0, 0.05) is 24.5 Å². The largest absolute Gasteiger partial charge is 0.486 e. The van der Waals surface area contributed by atoms with Crippen molar-refractivity contribution in [3.8, 4) is 5.75 Å². The van der Waals surface area contributed by atoms with Crippen LogP contribution in [0, 0.1) is 6.92 Å². The van der Waals surface area contributed by atoms with Crippen LogP contribution >= 0.6 is 36.2 Å². The Morgan fingerprint density at radius 1 is 1.32 bits per heavy atom. The van der Waals surface area contributed by atoms with Gasteiger partial charge < -0.3 is 15.0 Å². The van der Waals surface area contributed by atoms with Crippen LogP contribution < -0.4 is 10.1 Å². The molecule has 0 saturated carbocycles. The summed E-state index contributed by atoms with van der Waals surface area (Å²) in [7, 11) is 0. The minimum atomic E-state index is 0. The third kappa shape index (κ3) is 6.92. The number of amides is 1. The Hall–Kier alpha value is -1.34. The van der Waals surface area contributed by atoms with Crippen LogP contribution in [0.2, 0.25) is 0 Å². The molecule has 0 spiro atoms. The van der Waals surface area contributed by atoms with E-state index in [2.05, 4.69) is 24.1 Å². The molecule has 8 heteroatoms. The van der Waals surface area contributed by atoms with Crippen molar-refractivity contribution in [3.05, 3.63) is 45.9 Å². The number of carbonyl (C=O) groups is 1. The number of benzene rings is 1. The van der Waals surface area contributed by atoms with E-state index in [1.807, 2.05) is 34.5 Å². The molecule has 0 radical (unpaired) electrons. The summed E-state index contributed by atoms with van der Waals surface area (Å²) in [4.78, 5) is 19.4. The summed E-state index contributed by atoms with van der Waals surface area (Å²) in [5.41, 5.74) is 2.05. The summed E-state index contributed by atoms with van der Waals surface area (Å²) >= 11 is 1.55. The zero-order valence-corrected chi connectivity index (χ0v) is 18.8. The number of aryl methyl sites for hydroxylation is 1. The van der Waals surface area contributed by atoms with E-state index >= 15 is 0 Å². The van der Waals surface area contributed by atoms with Crippen molar-refractivity contribution in [2.45, 2.75) is 45.8 Å². The number of hydrogen-bond donors (Lipinski definition) is 1. The smallest absolute Gasteiger partial charge is 0.228 e. The van der Waals surface area contributed by atoms with Gasteiger partial charge in [0.1, 0.15) is 17.4 Å². The van der Waals surface area contributed by atoms with E-state index in [1.54, 1.807) is 11.3 Å². The molecule has 1 amide bonds. The van der Waals surface area contributed by atoms with Gasteiger partial charge in [0.15, 0.2) is 0 Å². The number of thiazole rings is 1. The zero-order valence-electron chi connectivity index (χ0n) is 16.3. The molecule has 0 bridgehead atoms. The Kier molecular flexibility index (Phi) is 10.8. The van der Waals surface area contributed by atoms with Crippen LogP contribution in [0.5, 0.6) is 5.75 Å². The Bertz CT molecular complexity index is 718. The maximum atomic E-state index is 12.7. The van der Waals surface area contributed by atoms with Gasteiger partial charge in [0.2, 0.25) is 5.91 Å². The minimum Gasteiger partial charge on any atom is -0.486 e. The molecule has 5 nitrogen and oxygen atoms in total. The van der Waals surface area contributed by atoms with Gasteiger partial charge in [0.25, 0.3) is 0 Å². The molecule has 2 heterocycles. The molecule has 1 fully saturated rings. The van der Waals surface area contributed by atoms with Gasteiger partial charge >= 0.3 is 0 Å². The van der Waals surface area contributed by atoms with Crippen molar-refractivity contribution in [1.82, 2.24) is 15.2 Å². The van der Waals surface area contributed by atoms with Crippen LogP contribution in [0.4, 0.5) is 0 Å². The molecule has 3 rings (SSSR count). The Morgan fingerprint density at radius 2 is 2.07 bits per heavy atom. The zero-order chi connectivity index (χ0) is 18.4. The molecule has 1 atom stereocenters. The van der Waals surface area contributed by atoms with Gasteiger partial charge in [-0.3, -0.25) is 4.79 Å². The Morgan fingerprint density at radius 3 is 2.71 bits per heavy atom. The quantitative estimate of drug-likeness (QED) is 0.666. The summed E-state index contributed by atoms with van der Waals surface area (Å²) < 4.78 is 5.78. The lowest BCUT2D eigenvalue weighted by Crippen LogP contribution is -2.42. The molecule has 1 aliphatic heterocycles. The van der Waals surface area contributed by atoms with E-state index < -0.39 is 0 Å². The van der Waals surface area contributed by atoms with Crippen molar-refractivity contribution >= 4 is 42.1 Å². The highest BCUT2D eigenvalue weighted by Gasteiger charge is 2.26. The number of hydrogen-bond acceptors (Lipinski definition) is 5. The monoisotopic (exact) mass is 445 g/mol. The lowest BCUT2D eigenvalue weighted by molar-refractivity contribution is -0.132. The fourth-order valence-electron chi connectivity index (χ4n) is 3.19. The number of halogens is 2. The standard InChI is InChI=1S/C20H27N3O2S.2ClH/c1-3-10-23(17-8-9-21-12-17)20(24)11-16-14-26-19(22-16)13-25-18-6-4-15(2)5-7-18;;/h4-7,14,17,21H,3,8-13H2,1-2H3;2*1H. The topological polar surface area (TPSA) is 54.5 Å². The molecule has 156 valence electrons. The SMILES string of the molecule is CCCN(C(=O)Cc1csc(COc2ccc(C)cc2)n1)C1CCNC1.Cl.Cl. The third-order valence-corrected chi connectivity index (χ3v) is 5.45. The second-order valence-electron chi connectivity index (χ2n) is 6.74. The van der Waals surface area contributed by atoms with Crippen molar-refractivity contribution in [1.29, 1.82) is 0 Å². The van der Waals surface area contributed by atoms with E-state index in [0.29, 0.717) is 19.1 Å². The molecule has 1 aliphatic rings. The van der Waals surface area contributed by atoms with Gasteiger partial charge in [-0.15, -0.1) is 36.2 Å². The summed E-state index contributed by atoms with van der Waals surface area (Å²) in [6, 6.07) is 8.31. The molecule has 2 aromatic rings. The second-order valence-corrected chi connectivity index (χ2v) is 7.69. The molecule has 28 heavy (non-hydrogen) atoms. The fraction of sp³-hybridized carbons (Fsp3) is 0.500. The van der Waals surface area contributed by atoms with E-state index in [4.69, 9.17) is 4.74 Å². The Labute approximate surface area is 183 Å². The van der Waals surface area contributed by atoms with Crippen LogP contribution in [0.3, 0.4) is 0 Å². The lowest BCUT2D eigenvalue weighted by atomic mass is 10.2. The molecule has 1 unspecified atom stereocenters. The fourth-order valence-corrected chi connectivity index (χ4v) is 3.89. The highest BCUT2D eigenvalue weighted by molar-refractivity contribution is 7.09. The number of nitrogens with one attached hydrogen (secondary N) is 1. The van der Waals surface area contributed by atoms with Gasteiger partial charge in [0.05, 0.1) is 12.1 Å². The van der Waals surface area contributed by atoms with Crippen molar-refractivity contribution in [2.75, 3.05) is 19.6 Å². The van der Waals surface area contributed by atoms with Crippen molar-refractivity contribution in [2.24, 2.45) is 0 Å². The third-order valence-electron chi connectivity index (χ3n) is 4.57. The first-order valence-corrected chi connectivity index (χ1v) is 10.2. The molecular weight excluding hydrogens is 417 g/mol. The number of aromatic nitrogens is 1. The predicted octanol–water partition coefficient (Wildman–Crippen LogP) is 4.02. The summed E-state index contributed by atoms with van der Waals surface area (Å²) in [5, 5.41) is 6.22. The van der Waals surface area contributed by atoms with Gasteiger partial charge in [-0.05, 0) is 38.4 Å². The van der Waals surface area contributed by atoms with Gasteiger partial charge in [-0.2, -0.15) is 0 Å². The van der Waals surface area contributed by atoms with E-state index in [9.17, 15) is 4.79 Å². The van der Waals surface area contributed by atoms with E-state index in [-0.39, 0.29) is 30.7 Å². The summed E-state index contributed by atoms with van der Waals surface area (Å²) in [6.45, 7) is 7.32. The van der Waals surface area contributed by atoms with Crippen molar-refractivity contribution < 1.29 is 9.53 Å². The first kappa shape index (κ1) is 24.7. The van der Waals surface area contributed by atoms with Crippen molar-refractivity contribution in [3.63, 3.8) is 0 Å². The predicted molar refractivity (Wildman–Crippen MR) is 119 cm³/mol. The second kappa shape index (κ2) is 12.3. The molecular formula is C20H29Cl2N3O2S. The lowest BCUT2D eigenvalue weighted by Gasteiger charge is -2.28. The maximum absolute atomic E-state index is 12.7. The van der Waals surface area contributed by atoms with Gasteiger partial charge in [-0.25, -0.2) is 4.98 Å². The first-order chi connectivity index (χ1) is 12.7. The molecule has 0 aliphatic carbocycles. The van der Waals surface area contributed by atoms with Gasteiger partial charge in [-0.1, -0.05) is 24.6 Å². The van der Waals surface area contributed by atoms with Crippen LogP contribution in [0.15, 0.2) is 29.6 Å². The van der Waals surface area contributed by atoms with Crippen LogP contribution in [0.25, 0.3) is 0 Å². The highest BCUT2D eigenvalue weighted by atomic mass is 35.5. The number of rotatable bonds is 8. The average Bonchev–Trinajstić information content (AvgIpc) is 3.31. The van der Waals surface area contributed by atoms with E-state index in [1.165, 1.54) is 5.56 Å². The van der Waals surface area contributed by atoms with Crippen LogP contribution in [-0.4, -0.2) is 41.5 Å². The number of carbonyl (C=O) groups excluding carboxylic acids is 1. The number of ether oxygens (including phenoxy) is 1. The minimum absolute atomic E-state index is 0. The van der Waals surface area contributed by atoms with Crippen LogP contribution in [-0.2, 0) is 17.8 Å². The normalized spacial score (nSPS) is 15.4. The highest BCUT2D eigenvalue weighted by Crippen LogP contribution is 2.18. The average molecular weight is 446 g/mol.